The third kappa shape index (κ3) is 2.66. The van der Waals surface area contributed by atoms with E-state index in [-0.39, 0.29) is 6.29 Å². The van der Waals surface area contributed by atoms with E-state index in [9.17, 15) is 18.0 Å². The Labute approximate surface area is 110 Å². The predicted molar refractivity (Wildman–Crippen MR) is 64.9 cm³/mol. The van der Waals surface area contributed by atoms with Crippen LogP contribution in [0.5, 0.6) is 0 Å². The molecule has 0 saturated carbocycles. The van der Waals surface area contributed by atoms with E-state index in [2.05, 4.69) is 0 Å². The highest BCUT2D eigenvalue weighted by atomic mass is 32.1. The fourth-order valence-corrected chi connectivity index (χ4v) is 2.41. The second kappa shape index (κ2) is 4.86. The van der Waals surface area contributed by atoms with Crippen molar-refractivity contribution in [1.29, 1.82) is 5.26 Å². The number of rotatable bonds is 2. The van der Waals surface area contributed by atoms with Gasteiger partial charge in [0.25, 0.3) is 0 Å². The van der Waals surface area contributed by atoms with Crippen molar-refractivity contribution < 1.29 is 18.0 Å². The zero-order valence-electron chi connectivity index (χ0n) is 9.36. The molecule has 0 aliphatic rings. The Morgan fingerprint density at radius 2 is 1.95 bits per heavy atom. The normalized spacial score (nSPS) is 11.1. The maximum atomic E-state index is 12.8. The first-order valence-electron chi connectivity index (χ1n) is 5.12. The van der Waals surface area contributed by atoms with Gasteiger partial charge in [-0.25, -0.2) is 0 Å². The number of carbonyl (C=O) groups is 1. The molecule has 19 heavy (non-hydrogen) atoms. The van der Waals surface area contributed by atoms with Crippen LogP contribution in [-0.2, 0) is 6.18 Å². The lowest BCUT2D eigenvalue weighted by atomic mass is 10.0. The van der Waals surface area contributed by atoms with Gasteiger partial charge in [-0.05, 0) is 23.8 Å². The lowest BCUT2D eigenvalue weighted by Gasteiger charge is -2.10. The summed E-state index contributed by atoms with van der Waals surface area (Å²) in [7, 11) is 0. The molecule has 96 valence electrons. The molecule has 1 aromatic carbocycles. The number of hydrogen-bond acceptors (Lipinski definition) is 3. The van der Waals surface area contributed by atoms with Gasteiger partial charge in [-0.3, -0.25) is 4.79 Å². The molecule has 1 aromatic heterocycles. The summed E-state index contributed by atoms with van der Waals surface area (Å²) in [5.41, 5.74) is -1.02. The number of halogens is 3. The minimum absolute atomic E-state index is 0.182. The van der Waals surface area contributed by atoms with E-state index >= 15 is 0 Å². The van der Waals surface area contributed by atoms with E-state index in [1.54, 1.807) is 12.1 Å². The highest BCUT2D eigenvalue weighted by Crippen LogP contribution is 2.36. The standard InChI is InChI=1S/C13H6F3NOS/c14-13(15,16)11-5-8(1-2-9(11)7-18)12-4-3-10(6-17)19-12/h1-5,7H. The summed E-state index contributed by atoms with van der Waals surface area (Å²) >= 11 is 1.10. The zero-order chi connectivity index (χ0) is 14.0. The number of thiophene rings is 1. The van der Waals surface area contributed by atoms with Crippen molar-refractivity contribution in [2.24, 2.45) is 0 Å². The minimum atomic E-state index is -4.58. The highest BCUT2D eigenvalue weighted by molar-refractivity contribution is 7.16. The molecule has 0 fully saturated rings. The Balaban J connectivity index is 2.55. The third-order valence-corrected chi connectivity index (χ3v) is 3.53. The van der Waals surface area contributed by atoms with Gasteiger partial charge < -0.3 is 0 Å². The quantitative estimate of drug-likeness (QED) is 0.777. The molecule has 0 N–H and O–H groups in total. The first-order valence-corrected chi connectivity index (χ1v) is 5.94. The second-order valence-corrected chi connectivity index (χ2v) is 4.78. The first kappa shape index (κ1) is 13.3. The van der Waals surface area contributed by atoms with Crippen LogP contribution in [0, 0.1) is 11.3 Å². The molecule has 0 bridgehead atoms. The van der Waals surface area contributed by atoms with E-state index in [0.29, 0.717) is 15.3 Å². The molecule has 0 aliphatic heterocycles. The maximum absolute atomic E-state index is 12.8. The monoisotopic (exact) mass is 281 g/mol. The molecular formula is C13H6F3NOS. The topological polar surface area (TPSA) is 40.9 Å². The van der Waals surface area contributed by atoms with Gasteiger partial charge in [-0.1, -0.05) is 12.1 Å². The van der Waals surface area contributed by atoms with Gasteiger partial charge in [0, 0.05) is 10.4 Å². The maximum Gasteiger partial charge on any atom is 0.417 e. The van der Waals surface area contributed by atoms with E-state index in [4.69, 9.17) is 5.26 Å². The van der Waals surface area contributed by atoms with Crippen LogP contribution in [0.2, 0.25) is 0 Å². The van der Waals surface area contributed by atoms with Crippen molar-refractivity contribution in [2.45, 2.75) is 6.18 Å². The minimum Gasteiger partial charge on any atom is -0.298 e. The smallest absolute Gasteiger partial charge is 0.298 e. The Morgan fingerprint density at radius 3 is 2.47 bits per heavy atom. The fraction of sp³-hybridized carbons (Fsp3) is 0.0769. The SMILES string of the molecule is N#Cc1ccc(-c2ccc(C=O)c(C(F)(F)F)c2)s1. The molecule has 1 heterocycles. The number of benzene rings is 1. The van der Waals surface area contributed by atoms with Crippen LogP contribution in [0.4, 0.5) is 13.2 Å². The van der Waals surface area contributed by atoms with Crippen molar-refractivity contribution in [3.05, 3.63) is 46.3 Å². The van der Waals surface area contributed by atoms with Crippen molar-refractivity contribution in [2.75, 3.05) is 0 Å². The van der Waals surface area contributed by atoms with Crippen LogP contribution >= 0.6 is 11.3 Å². The molecule has 2 nitrogen and oxygen atoms in total. The molecular weight excluding hydrogens is 275 g/mol. The van der Waals surface area contributed by atoms with Crippen molar-refractivity contribution in [1.82, 2.24) is 0 Å². The summed E-state index contributed by atoms with van der Waals surface area (Å²) in [4.78, 5) is 11.6. The molecule has 0 unspecified atom stereocenters. The summed E-state index contributed by atoms with van der Waals surface area (Å²) in [5, 5.41) is 8.70. The van der Waals surface area contributed by atoms with Crippen LogP contribution in [-0.4, -0.2) is 6.29 Å². The molecule has 0 spiro atoms. The average Bonchev–Trinajstić information content (AvgIpc) is 2.85. The Kier molecular flexibility index (Phi) is 3.40. The molecule has 0 atom stereocenters. The van der Waals surface area contributed by atoms with Crippen molar-refractivity contribution >= 4 is 17.6 Å². The number of nitriles is 1. The number of alkyl halides is 3. The summed E-state index contributed by atoms with van der Waals surface area (Å²) in [6.45, 7) is 0. The van der Waals surface area contributed by atoms with Gasteiger partial charge in [0.1, 0.15) is 10.9 Å². The summed E-state index contributed by atoms with van der Waals surface area (Å²) in [5.74, 6) is 0. The molecule has 2 aromatic rings. The van der Waals surface area contributed by atoms with Crippen LogP contribution in [0.15, 0.2) is 30.3 Å². The Morgan fingerprint density at radius 1 is 1.21 bits per heavy atom. The molecule has 2 rings (SSSR count). The van der Waals surface area contributed by atoms with Crippen LogP contribution in [0.3, 0.4) is 0 Å². The van der Waals surface area contributed by atoms with Gasteiger partial charge in [-0.15, -0.1) is 11.3 Å². The van der Waals surface area contributed by atoms with Crippen LogP contribution in [0.1, 0.15) is 20.8 Å². The van der Waals surface area contributed by atoms with Crippen molar-refractivity contribution in [3.63, 3.8) is 0 Å². The Bertz CT molecular complexity index is 667. The van der Waals surface area contributed by atoms with E-state index in [0.717, 1.165) is 23.5 Å². The summed E-state index contributed by atoms with van der Waals surface area (Å²) in [6.07, 6.45) is -4.40. The highest BCUT2D eigenvalue weighted by Gasteiger charge is 2.33. The lowest BCUT2D eigenvalue weighted by molar-refractivity contribution is -0.137. The summed E-state index contributed by atoms with van der Waals surface area (Å²) < 4.78 is 38.4. The number of aldehydes is 1. The average molecular weight is 281 g/mol. The first-order chi connectivity index (χ1) is 8.95. The van der Waals surface area contributed by atoms with Gasteiger partial charge in [-0.2, -0.15) is 18.4 Å². The molecule has 0 amide bonds. The van der Waals surface area contributed by atoms with Gasteiger partial charge in [0.2, 0.25) is 0 Å². The second-order valence-electron chi connectivity index (χ2n) is 3.69. The Hall–Kier alpha value is -2.13. The number of hydrogen-bond donors (Lipinski definition) is 0. The molecule has 0 aliphatic carbocycles. The summed E-state index contributed by atoms with van der Waals surface area (Å²) in [6, 6.07) is 8.55. The van der Waals surface area contributed by atoms with E-state index < -0.39 is 17.3 Å². The molecule has 0 radical (unpaired) electrons. The lowest BCUT2D eigenvalue weighted by Crippen LogP contribution is -2.08. The van der Waals surface area contributed by atoms with Gasteiger partial charge in [0.15, 0.2) is 6.29 Å². The number of carbonyl (C=O) groups excluding carboxylic acids is 1. The molecule has 6 heteroatoms. The third-order valence-electron chi connectivity index (χ3n) is 2.49. The predicted octanol–water partition coefficient (Wildman–Crippen LogP) is 4.12. The van der Waals surface area contributed by atoms with E-state index in [1.165, 1.54) is 6.07 Å². The van der Waals surface area contributed by atoms with Gasteiger partial charge >= 0.3 is 6.18 Å². The van der Waals surface area contributed by atoms with Crippen molar-refractivity contribution in [3.8, 4) is 16.5 Å². The number of nitrogens with zero attached hydrogens (tertiary/aromatic N) is 1. The fourth-order valence-electron chi connectivity index (χ4n) is 1.61. The van der Waals surface area contributed by atoms with Gasteiger partial charge in [0.05, 0.1) is 5.56 Å². The molecule has 0 saturated heterocycles. The zero-order valence-corrected chi connectivity index (χ0v) is 10.2. The van der Waals surface area contributed by atoms with Crippen LogP contribution in [0.25, 0.3) is 10.4 Å². The largest absolute Gasteiger partial charge is 0.417 e. The van der Waals surface area contributed by atoms with E-state index in [1.807, 2.05) is 6.07 Å². The van der Waals surface area contributed by atoms with Crippen LogP contribution < -0.4 is 0 Å².